The van der Waals surface area contributed by atoms with Gasteiger partial charge in [0.05, 0.1) is 19.5 Å². The number of ether oxygens (including phenoxy) is 1. The van der Waals surface area contributed by atoms with Gasteiger partial charge < -0.3 is 10.1 Å². The van der Waals surface area contributed by atoms with Gasteiger partial charge in [-0.05, 0) is 12.8 Å². The van der Waals surface area contributed by atoms with Gasteiger partial charge in [-0.1, -0.05) is 0 Å². The number of hydrogen-bond acceptors (Lipinski definition) is 5. The number of piperidine rings is 1. The second-order valence-electron chi connectivity index (χ2n) is 5.68. The summed E-state index contributed by atoms with van der Waals surface area (Å²) in [6.07, 6.45) is 2.43. The fraction of sp³-hybridized carbons (Fsp3) is 0.923. The molecule has 0 saturated carbocycles. The van der Waals surface area contributed by atoms with Crippen molar-refractivity contribution in [3.05, 3.63) is 0 Å². The highest BCUT2D eigenvalue weighted by molar-refractivity contribution is 7.88. The molecule has 2 heterocycles. The van der Waals surface area contributed by atoms with Crippen LogP contribution < -0.4 is 5.32 Å². The molecule has 130 valence electrons. The van der Waals surface area contributed by atoms with Gasteiger partial charge in [0, 0.05) is 45.2 Å². The normalized spacial score (nSPS) is 22.0. The van der Waals surface area contributed by atoms with Gasteiger partial charge in [-0.2, -0.15) is 0 Å². The summed E-state index contributed by atoms with van der Waals surface area (Å²) < 4.78 is 29.6. The van der Waals surface area contributed by atoms with Crippen molar-refractivity contribution in [1.29, 1.82) is 0 Å². The van der Waals surface area contributed by atoms with Crippen LogP contribution in [0.5, 0.6) is 0 Å². The van der Waals surface area contributed by atoms with Crippen molar-refractivity contribution >= 4 is 28.3 Å². The highest BCUT2D eigenvalue weighted by Gasteiger charge is 2.28. The van der Waals surface area contributed by atoms with Crippen LogP contribution in [0.2, 0.25) is 0 Å². The Kier molecular flexibility index (Phi) is 8.06. The average molecular weight is 356 g/mol. The molecule has 0 spiro atoms. The first-order chi connectivity index (χ1) is 9.97. The molecular formula is C13H26ClN3O4S. The van der Waals surface area contributed by atoms with E-state index in [1.165, 1.54) is 10.6 Å². The first-order valence-corrected chi connectivity index (χ1v) is 9.34. The topological polar surface area (TPSA) is 79.0 Å². The maximum Gasteiger partial charge on any atom is 0.223 e. The molecule has 2 aliphatic heterocycles. The van der Waals surface area contributed by atoms with Crippen molar-refractivity contribution in [3.63, 3.8) is 0 Å². The number of carbonyl (C=O) groups is 1. The molecule has 9 heteroatoms. The smallest absolute Gasteiger partial charge is 0.223 e. The molecule has 0 aliphatic carbocycles. The van der Waals surface area contributed by atoms with Crippen molar-refractivity contribution in [3.8, 4) is 0 Å². The highest BCUT2D eigenvalue weighted by atomic mass is 35.5. The predicted molar refractivity (Wildman–Crippen MR) is 86.7 cm³/mol. The Bertz CT molecular complexity index is 446. The number of amides is 1. The Morgan fingerprint density at radius 1 is 1.18 bits per heavy atom. The summed E-state index contributed by atoms with van der Waals surface area (Å²) in [5.41, 5.74) is 0. The van der Waals surface area contributed by atoms with E-state index in [2.05, 4.69) is 10.2 Å². The molecule has 0 radical (unpaired) electrons. The minimum Gasteiger partial charge on any atom is -0.379 e. The van der Waals surface area contributed by atoms with E-state index in [1.807, 2.05) is 0 Å². The van der Waals surface area contributed by atoms with Crippen molar-refractivity contribution in [2.45, 2.75) is 12.8 Å². The Morgan fingerprint density at radius 3 is 2.32 bits per heavy atom. The Hall–Kier alpha value is -0.410. The molecule has 0 aromatic carbocycles. The molecule has 2 aliphatic rings. The minimum absolute atomic E-state index is 0. The maximum absolute atomic E-state index is 12.1. The molecule has 22 heavy (non-hydrogen) atoms. The van der Waals surface area contributed by atoms with E-state index in [-0.39, 0.29) is 24.2 Å². The SMILES string of the molecule is CS(=O)(=O)N1CCC(C(=O)NCCN2CCOCC2)CC1.Cl. The fourth-order valence-electron chi connectivity index (χ4n) is 2.76. The number of nitrogens with one attached hydrogen (secondary N) is 1. The molecule has 0 unspecified atom stereocenters. The molecular weight excluding hydrogens is 330 g/mol. The van der Waals surface area contributed by atoms with Crippen molar-refractivity contribution in [2.24, 2.45) is 5.92 Å². The number of hydrogen-bond donors (Lipinski definition) is 1. The maximum atomic E-state index is 12.1. The number of morpholine rings is 1. The summed E-state index contributed by atoms with van der Waals surface area (Å²) in [6, 6.07) is 0. The van der Waals surface area contributed by atoms with Crippen molar-refractivity contribution < 1.29 is 17.9 Å². The zero-order valence-corrected chi connectivity index (χ0v) is 14.6. The van der Waals surface area contributed by atoms with Crippen LogP contribution in [0.4, 0.5) is 0 Å². The monoisotopic (exact) mass is 355 g/mol. The minimum atomic E-state index is -3.12. The third kappa shape index (κ3) is 6.00. The van der Waals surface area contributed by atoms with Gasteiger partial charge in [-0.3, -0.25) is 9.69 Å². The van der Waals surface area contributed by atoms with Gasteiger partial charge in [-0.15, -0.1) is 12.4 Å². The van der Waals surface area contributed by atoms with E-state index in [9.17, 15) is 13.2 Å². The molecule has 0 aromatic rings. The van der Waals surface area contributed by atoms with Gasteiger partial charge >= 0.3 is 0 Å². The van der Waals surface area contributed by atoms with Crippen LogP contribution in [0.25, 0.3) is 0 Å². The predicted octanol–water partition coefficient (Wildman–Crippen LogP) is -0.472. The highest BCUT2D eigenvalue weighted by Crippen LogP contribution is 2.19. The molecule has 2 rings (SSSR count). The second kappa shape index (κ2) is 9.02. The Balaban J connectivity index is 0.00000242. The molecule has 7 nitrogen and oxygen atoms in total. The van der Waals surface area contributed by atoms with Crippen molar-refractivity contribution in [2.75, 3.05) is 58.7 Å². The van der Waals surface area contributed by atoms with Gasteiger partial charge in [0.2, 0.25) is 15.9 Å². The van der Waals surface area contributed by atoms with Crippen LogP contribution in [0, 0.1) is 5.92 Å². The van der Waals surface area contributed by atoms with E-state index < -0.39 is 10.0 Å². The third-order valence-electron chi connectivity index (χ3n) is 4.12. The Labute approximate surface area is 138 Å². The summed E-state index contributed by atoms with van der Waals surface area (Å²) in [5, 5.41) is 2.96. The molecule has 0 bridgehead atoms. The summed E-state index contributed by atoms with van der Waals surface area (Å²) in [4.78, 5) is 14.3. The summed E-state index contributed by atoms with van der Waals surface area (Å²) in [5.74, 6) is -0.0101. The number of nitrogens with zero attached hydrogens (tertiary/aromatic N) is 2. The second-order valence-corrected chi connectivity index (χ2v) is 7.66. The van der Waals surface area contributed by atoms with Crippen LogP contribution in [-0.2, 0) is 19.6 Å². The van der Waals surface area contributed by atoms with Gasteiger partial charge in [0.1, 0.15) is 0 Å². The first-order valence-electron chi connectivity index (χ1n) is 7.50. The zero-order chi connectivity index (χ0) is 15.3. The summed E-state index contributed by atoms with van der Waals surface area (Å²) >= 11 is 0. The number of carbonyl (C=O) groups excluding carboxylic acids is 1. The Morgan fingerprint density at radius 2 is 1.77 bits per heavy atom. The molecule has 1 N–H and O–H groups in total. The van der Waals surface area contributed by atoms with Gasteiger partial charge in [-0.25, -0.2) is 12.7 Å². The van der Waals surface area contributed by atoms with E-state index in [0.29, 0.717) is 32.5 Å². The average Bonchev–Trinajstić information content (AvgIpc) is 2.47. The molecule has 2 fully saturated rings. The lowest BCUT2D eigenvalue weighted by Gasteiger charge is -2.30. The van der Waals surface area contributed by atoms with E-state index >= 15 is 0 Å². The molecule has 0 atom stereocenters. The number of sulfonamides is 1. The summed E-state index contributed by atoms with van der Waals surface area (Å²) in [6.45, 7) is 5.74. The molecule has 2 saturated heterocycles. The van der Waals surface area contributed by atoms with Crippen LogP contribution in [-0.4, -0.2) is 82.3 Å². The van der Waals surface area contributed by atoms with Crippen LogP contribution in [0.3, 0.4) is 0 Å². The lowest BCUT2D eigenvalue weighted by molar-refractivity contribution is -0.126. The van der Waals surface area contributed by atoms with Crippen LogP contribution in [0.15, 0.2) is 0 Å². The quantitative estimate of drug-likeness (QED) is 0.721. The molecule has 0 aromatic heterocycles. The number of halogens is 1. The van der Waals surface area contributed by atoms with E-state index in [1.54, 1.807) is 0 Å². The largest absolute Gasteiger partial charge is 0.379 e. The molecule has 1 amide bonds. The zero-order valence-electron chi connectivity index (χ0n) is 13.0. The van der Waals surface area contributed by atoms with Gasteiger partial charge in [0.15, 0.2) is 0 Å². The van der Waals surface area contributed by atoms with Crippen molar-refractivity contribution in [1.82, 2.24) is 14.5 Å². The lowest BCUT2D eigenvalue weighted by atomic mass is 9.97. The van der Waals surface area contributed by atoms with E-state index in [4.69, 9.17) is 4.74 Å². The fourth-order valence-corrected chi connectivity index (χ4v) is 3.63. The van der Waals surface area contributed by atoms with Crippen LogP contribution in [0.1, 0.15) is 12.8 Å². The third-order valence-corrected chi connectivity index (χ3v) is 5.43. The van der Waals surface area contributed by atoms with E-state index in [0.717, 1.165) is 32.8 Å². The van der Waals surface area contributed by atoms with Gasteiger partial charge in [0.25, 0.3) is 0 Å². The summed E-state index contributed by atoms with van der Waals surface area (Å²) in [7, 11) is -3.12. The number of rotatable bonds is 5. The standard InChI is InChI=1S/C13H25N3O4S.ClH/c1-21(18,19)16-5-2-12(3-6-16)13(17)14-4-7-15-8-10-20-11-9-15;/h12H,2-11H2,1H3,(H,14,17);1H. The first kappa shape index (κ1) is 19.6. The lowest BCUT2D eigenvalue weighted by Crippen LogP contribution is -2.45. The van der Waals surface area contributed by atoms with Crippen LogP contribution >= 0.6 is 12.4 Å².